The molecule has 0 aliphatic rings. The number of carboxylic acid groups (broad SMARTS) is 1. The zero-order chi connectivity index (χ0) is 15.6. The lowest BCUT2D eigenvalue weighted by molar-refractivity contribution is -0.133. The molecule has 0 amide bonds. The number of aryl methyl sites for hydroxylation is 2. The predicted octanol–water partition coefficient (Wildman–Crippen LogP) is 3.79. The summed E-state index contributed by atoms with van der Waals surface area (Å²) in [5, 5.41) is 9.62. The van der Waals surface area contributed by atoms with Crippen molar-refractivity contribution in [1.82, 2.24) is 9.55 Å². The molecule has 0 spiro atoms. The summed E-state index contributed by atoms with van der Waals surface area (Å²) in [7, 11) is 0. The number of aromatic nitrogens is 2. The maximum atomic E-state index is 10.8. The Labute approximate surface area is 129 Å². The normalized spacial score (nSPS) is 11.1. The molecule has 2 aromatic rings. The molecule has 1 aromatic carbocycles. The first kappa shape index (κ1) is 15.6. The standard InChI is InChI=1S/C16H20N2O2S/c1-10(2)14-8-17-16(21-9-15(19)20)18(14)13-7-11(3)5-6-12(13)4/h5-8,10H,9H2,1-4H3,(H,19,20). The van der Waals surface area contributed by atoms with Crippen LogP contribution in [-0.2, 0) is 4.79 Å². The molecule has 0 radical (unpaired) electrons. The van der Waals surface area contributed by atoms with Crippen LogP contribution in [0.2, 0.25) is 0 Å². The molecule has 112 valence electrons. The van der Waals surface area contributed by atoms with Crippen LogP contribution in [0.3, 0.4) is 0 Å². The summed E-state index contributed by atoms with van der Waals surface area (Å²) in [6, 6.07) is 6.28. The topological polar surface area (TPSA) is 55.1 Å². The molecule has 0 atom stereocenters. The lowest BCUT2D eigenvalue weighted by Crippen LogP contribution is -2.07. The number of benzene rings is 1. The van der Waals surface area contributed by atoms with Crippen molar-refractivity contribution in [2.24, 2.45) is 0 Å². The van der Waals surface area contributed by atoms with E-state index < -0.39 is 5.97 Å². The van der Waals surface area contributed by atoms with Gasteiger partial charge in [-0.15, -0.1) is 0 Å². The Morgan fingerprint density at radius 3 is 2.71 bits per heavy atom. The van der Waals surface area contributed by atoms with Gasteiger partial charge in [0.2, 0.25) is 0 Å². The van der Waals surface area contributed by atoms with Gasteiger partial charge in [-0.1, -0.05) is 37.7 Å². The maximum absolute atomic E-state index is 10.8. The Bertz CT molecular complexity index is 662. The van der Waals surface area contributed by atoms with E-state index in [4.69, 9.17) is 5.11 Å². The molecule has 0 aliphatic carbocycles. The molecule has 2 rings (SSSR count). The first-order valence-electron chi connectivity index (χ1n) is 6.90. The fourth-order valence-corrected chi connectivity index (χ4v) is 2.90. The number of carboxylic acids is 1. The number of thioether (sulfide) groups is 1. The average molecular weight is 304 g/mol. The number of carbonyl (C=O) groups is 1. The summed E-state index contributed by atoms with van der Waals surface area (Å²) in [5.41, 5.74) is 4.49. The Morgan fingerprint density at radius 1 is 1.38 bits per heavy atom. The van der Waals surface area contributed by atoms with Crippen LogP contribution in [-0.4, -0.2) is 26.4 Å². The van der Waals surface area contributed by atoms with Crippen LogP contribution in [0.25, 0.3) is 5.69 Å². The van der Waals surface area contributed by atoms with Gasteiger partial charge in [-0.3, -0.25) is 9.36 Å². The number of hydrogen-bond acceptors (Lipinski definition) is 3. The molecule has 0 unspecified atom stereocenters. The third kappa shape index (κ3) is 3.47. The smallest absolute Gasteiger partial charge is 0.313 e. The Kier molecular flexibility index (Phi) is 4.73. The van der Waals surface area contributed by atoms with Gasteiger partial charge in [-0.2, -0.15) is 0 Å². The monoisotopic (exact) mass is 304 g/mol. The van der Waals surface area contributed by atoms with Gasteiger partial charge >= 0.3 is 5.97 Å². The summed E-state index contributed by atoms with van der Waals surface area (Å²) in [6.07, 6.45) is 1.84. The zero-order valence-corrected chi connectivity index (χ0v) is 13.6. The van der Waals surface area contributed by atoms with Crippen LogP contribution in [0.4, 0.5) is 0 Å². The lowest BCUT2D eigenvalue weighted by Gasteiger charge is -2.16. The third-order valence-electron chi connectivity index (χ3n) is 3.28. The van der Waals surface area contributed by atoms with Crippen molar-refractivity contribution in [3.63, 3.8) is 0 Å². The molecule has 21 heavy (non-hydrogen) atoms. The largest absolute Gasteiger partial charge is 0.481 e. The summed E-state index contributed by atoms with van der Waals surface area (Å²) in [6.45, 7) is 8.35. The van der Waals surface area contributed by atoms with Crippen molar-refractivity contribution in [3.05, 3.63) is 41.2 Å². The number of hydrogen-bond donors (Lipinski definition) is 1. The third-order valence-corrected chi connectivity index (χ3v) is 4.22. The molecule has 0 fully saturated rings. The molecule has 5 heteroatoms. The predicted molar refractivity (Wildman–Crippen MR) is 85.5 cm³/mol. The van der Waals surface area contributed by atoms with E-state index in [-0.39, 0.29) is 5.75 Å². The van der Waals surface area contributed by atoms with Crippen molar-refractivity contribution in [3.8, 4) is 5.69 Å². The molecule has 0 saturated heterocycles. The Morgan fingerprint density at radius 2 is 2.10 bits per heavy atom. The maximum Gasteiger partial charge on any atom is 0.313 e. The molecular formula is C16H20N2O2S. The van der Waals surface area contributed by atoms with E-state index in [0.29, 0.717) is 5.92 Å². The molecule has 4 nitrogen and oxygen atoms in total. The highest BCUT2D eigenvalue weighted by atomic mass is 32.2. The van der Waals surface area contributed by atoms with Gasteiger partial charge in [0.15, 0.2) is 5.16 Å². The molecule has 1 aromatic heterocycles. The molecule has 0 saturated carbocycles. The minimum absolute atomic E-state index is 0.0133. The van der Waals surface area contributed by atoms with Crippen LogP contribution in [0.15, 0.2) is 29.6 Å². The van der Waals surface area contributed by atoms with Crippen molar-refractivity contribution in [2.75, 3.05) is 5.75 Å². The van der Waals surface area contributed by atoms with E-state index in [1.54, 1.807) is 0 Å². The van der Waals surface area contributed by atoms with Crippen molar-refractivity contribution < 1.29 is 9.90 Å². The van der Waals surface area contributed by atoms with Crippen molar-refractivity contribution >= 4 is 17.7 Å². The number of imidazole rings is 1. The van der Waals surface area contributed by atoms with Gasteiger partial charge in [0.25, 0.3) is 0 Å². The fourth-order valence-electron chi connectivity index (χ4n) is 2.19. The fraction of sp³-hybridized carbons (Fsp3) is 0.375. The van der Waals surface area contributed by atoms with Crippen LogP contribution in [0.5, 0.6) is 0 Å². The Balaban J connectivity index is 2.55. The second-order valence-electron chi connectivity index (χ2n) is 5.43. The summed E-state index contributed by atoms with van der Waals surface area (Å²) in [5.74, 6) is -0.502. The van der Waals surface area contributed by atoms with Gasteiger partial charge in [-0.05, 0) is 37.0 Å². The average Bonchev–Trinajstić information content (AvgIpc) is 2.83. The van der Waals surface area contributed by atoms with Gasteiger partial charge in [0.05, 0.1) is 17.6 Å². The molecular weight excluding hydrogens is 284 g/mol. The van der Waals surface area contributed by atoms with E-state index in [1.165, 1.54) is 17.3 Å². The van der Waals surface area contributed by atoms with Crippen molar-refractivity contribution in [2.45, 2.75) is 38.8 Å². The summed E-state index contributed by atoms with van der Waals surface area (Å²) in [4.78, 5) is 15.2. The minimum Gasteiger partial charge on any atom is -0.481 e. The highest BCUT2D eigenvalue weighted by Gasteiger charge is 2.17. The number of rotatable bonds is 5. The summed E-state index contributed by atoms with van der Waals surface area (Å²) >= 11 is 1.26. The zero-order valence-electron chi connectivity index (χ0n) is 12.8. The summed E-state index contributed by atoms with van der Waals surface area (Å²) < 4.78 is 2.08. The number of aliphatic carboxylic acids is 1. The molecule has 0 bridgehead atoms. The van der Waals surface area contributed by atoms with E-state index in [2.05, 4.69) is 55.4 Å². The number of nitrogens with zero attached hydrogens (tertiary/aromatic N) is 2. The first-order valence-corrected chi connectivity index (χ1v) is 7.88. The minimum atomic E-state index is -0.832. The van der Waals surface area contributed by atoms with Gasteiger partial charge in [-0.25, -0.2) is 4.98 Å². The van der Waals surface area contributed by atoms with Gasteiger partial charge in [0.1, 0.15) is 0 Å². The van der Waals surface area contributed by atoms with E-state index in [0.717, 1.165) is 22.1 Å². The first-order chi connectivity index (χ1) is 9.90. The second kappa shape index (κ2) is 6.35. The lowest BCUT2D eigenvalue weighted by atomic mass is 10.1. The van der Waals surface area contributed by atoms with Gasteiger partial charge in [0, 0.05) is 5.69 Å². The highest BCUT2D eigenvalue weighted by Crippen LogP contribution is 2.29. The molecule has 0 aliphatic heterocycles. The van der Waals surface area contributed by atoms with Crippen LogP contribution < -0.4 is 0 Å². The Hall–Kier alpha value is -1.75. The van der Waals surface area contributed by atoms with E-state index in [1.807, 2.05) is 6.20 Å². The van der Waals surface area contributed by atoms with Crippen LogP contribution in [0.1, 0.15) is 36.6 Å². The van der Waals surface area contributed by atoms with Crippen LogP contribution >= 0.6 is 11.8 Å². The quantitative estimate of drug-likeness (QED) is 0.854. The molecule has 1 N–H and O–H groups in total. The van der Waals surface area contributed by atoms with Crippen LogP contribution in [0, 0.1) is 13.8 Å². The SMILES string of the molecule is Cc1ccc(C)c(-n2c(C(C)C)cnc2SCC(=O)O)c1. The van der Waals surface area contributed by atoms with Crippen molar-refractivity contribution in [1.29, 1.82) is 0 Å². The highest BCUT2D eigenvalue weighted by molar-refractivity contribution is 7.99. The second-order valence-corrected chi connectivity index (χ2v) is 6.37. The molecule has 1 heterocycles. The van der Waals surface area contributed by atoms with E-state index >= 15 is 0 Å². The van der Waals surface area contributed by atoms with E-state index in [9.17, 15) is 4.79 Å². The van der Waals surface area contributed by atoms with Gasteiger partial charge < -0.3 is 5.11 Å².